The summed E-state index contributed by atoms with van der Waals surface area (Å²) in [5.74, 6) is 0.717. The summed E-state index contributed by atoms with van der Waals surface area (Å²) in [5.41, 5.74) is 1.28. The number of halogens is 2. The second-order valence-electron chi connectivity index (χ2n) is 8.24. The number of hydrogen-bond donors (Lipinski definition) is 0. The first-order valence-electron chi connectivity index (χ1n) is 10.5. The van der Waals surface area contributed by atoms with Gasteiger partial charge in [-0.15, -0.1) is 0 Å². The van der Waals surface area contributed by atoms with Crippen LogP contribution in [0.15, 0.2) is 36.4 Å². The summed E-state index contributed by atoms with van der Waals surface area (Å²) in [4.78, 5) is 29.1. The Labute approximate surface area is 187 Å². The number of carbonyl (C=O) groups excluding carboxylic acids is 1. The molecule has 1 unspecified atom stereocenters. The summed E-state index contributed by atoms with van der Waals surface area (Å²) in [7, 11) is 0. The zero-order valence-electron chi connectivity index (χ0n) is 16.9. The number of anilines is 1. The molecule has 3 atom stereocenters. The lowest BCUT2D eigenvalue weighted by molar-refractivity contribution is 0.0582. The molecule has 1 amide bonds. The zero-order valence-corrected chi connectivity index (χ0v) is 17.7. The number of pyridine rings is 1. The third kappa shape index (κ3) is 3.10. The van der Waals surface area contributed by atoms with Gasteiger partial charge in [0.1, 0.15) is 29.6 Å². The molecule has 3 aromatic rings. The number of carbonyl (C=O) groups is 1. The van der Waals surface area contributed by atoms with Crippen molar-refractivity contribution in [1.29, 1.82) is 0 Å². The minimum Gasteiger partial charge on any atom is -0.475 e. The van der Waals surface area contributed by atoms with Crippen molar-refractivity contribution in [2.75, 3.05) is 18.1 Å². The lowest BCUT2D eigenvalue weighted by Crippen LogP contribution is -2.63. The molecule has 3 aliphatic rings. The zero-order chi connectivity index (χ0) is 21.8. The van der Waals surface area contributed by atoms with Crippen LogP contribution in [0.4, 0.5) is 15.0 Å². The largest absolute Gasteiger partial charge is 0.475 e. The van der Waals surface area contributed by atoms with Crippen molar-refractivity contribution in [1.82, 2.24) is 19.9 Å². The van der Waals surface area contributed by atoms with Crippen molar-refractivity contribution >= 4 is 34.4 Å². The maximum atomic E-state index is 14.3. The molecule has 1 aromatic carbocycles. The van der Waals surface area contributed by atoms with Gasteiger partial charge in [0.15, 0.2) is 0 Å². The van der Waals surface area contributed by atoms with Crippen LogP contribution in [0.3, 0.4) is 0 Å². The monoisotopic (exact) mass is 455 g/mol. The Balaban J connectivity index is 1.32. The Morgan fingerprint density at radius 2 is 2.03 bits per heavy atom. The molecule has 164 valence electrons. The molecule has 32 heavy (non-hydrogen) atoms. The smallest absolute Gasteiger partial charge is 0.410 e. The first kappa shape index (κ1) is 19.5. The van der Waals surface area contributed by atoms with E-state index in [-0.39, 0.29) is 48.5 Å². The predicted molar refractivity (Wildman–Crippen MR) is 114 cm³/mol. The molecule has 0 saturated carbocycles. The van der Waals surface area contributed by atoms with Gasteiger partial charge in [-0.3, -0.25) is 4.90 Å². The Kier molecular flexibility index (Phi) is 4.53. The number of nitrogens with zero attached hydrogens (tertiary/aromatic N) is 5. The molecule has 2 fully saturated rings. The van der Waals surface area contributed by atoms with Crippen LogP contribution in [-0.2, 0) is 11.3 Å². The van der Waals surface area contributed by atoms with Crippen molar-refractivity contribution in [2.24, 2.45) is 0 Å². The number of piperazine rings is 1. The summed E-state index contributed by atoms with van der Waals surface area (Å²) in [6.45, 7) is 0.977. The highest BCUT2D eigenvalue weighted by Crippen LogP contribution is 2.42. The third-order valence-corrected chi connectivity index (χ3v) is 6.64. The fraction of sp³-hybridized carbons (Fsp3) is 0.364. The van der Waals surface area contributed by atoms with Crippen LogP contribution in [0.25, 0.3) is 10.9 Å². The van der Waals surface area contributed by atoms with Gasteiger partial charge in [-0.05, 0) is 18.4 Å². The molecule has 0 radical (unpaired) electrons. The van der Waals surface area contributed by atoms with Crippen molar-refractivity contribution in [3.63, 3.8) is 0 Å². The molecular weight excluding hydrogens is 437 g/mol. The van der Waals surface area contributed by atoms with Crippen LogP contribution in [-0.4, -0.2) is 57.2 Å². The second-order valence-corrected chi connectivity index (χ2v) is 8.62. The van der Waals surface area contributed by atoms with Gasteiger partial charge in [-0.2, -0.15) is 9.37 Å². The molecule has 2 aromatic heterocycles. The predicted octanol–water partition coefficient (Wildman–Crippen LogP) is 3.57. The van der Waals surface area contributed by atoms with E-state index in [1.54, 1.807) is 0 Å². The Morgan fingerprint density at radius 1 is 1.19 bits per heavy atom. The molecular formula is C22H19ClFN5O3. The van der Waals surface area contributed by atoms with E-state index < -0.39 is 6.08 Å². The quantitative estimate of drug-likeness (QED) is 0.431. The highest BCUT2D eigenvalue weighted by Gasteiger charge is 2.51. The molecule has 0 spiro atoms. The van der Waals surface area contributed by atoms with Crippen LogP contribution in [0.5, 0.6) is 5.88 Å². The van der Waals surface area contributed by atoms with E-state index in [9.17, 15) is 9.18 Å². The van der Waals surface area contributed by atoms with Crippen LogP contribution >= 0.6 is 11.6 Å². The number of ether oxygens (including phenoxy) is 2. The van der Waals surface area contributed by atoms with Crippen molar-refractivity contribution in [3.8, 4) is 5.88 Å². The van der Waals surface area contributed by atoms with Gasteiger partial charge in [0.25, 0.3) is 0 Å². The van der Waals surface area contributed by atoms with Gasteiger partial charge in [0.05, 0.1) is 23.6 Å². The number of rotatable bonds is 2. The van der Waals surface area contributed by atoms with Crippen molar-refractivity contribution in [2.45, 2.75) is 37.6 Å². The number of amides is 1. The normalized spacial score (nSPS) is 23.5. The van der Waals surface area contributed by atoms with Crippen molar-refractivity contribution in [3.05, 3.63) is 53.2 Å². The second kappa shape index (κ2) is 7.44. The van der Waals surface area contributed by atoms with E-state index in [2.05, 4.69) is 15.0 Å². The third-order valence-electron chi connectivity index (χ3n) is 6.45. The standard InChI is InChI=1S/C22H19ClFN5O3/c23-17-8-14-18-19(27-21(24)25-14)28-9-13-6-7-15(16(28)11-31-20(18)26-17)29(13)22(30)32-10-12-4-2-1-3-5-12/h1-5,8,13,15-16H,6-7,9-11H2/t13-,15+,16?/m0/s1. The molecule has 8 nitrogen and oxygen atoms in total. The van der Waals surface area contributed by atoms with E-state index >= 15 is 0 Å². The van der Waals surface area contributed by atoms with Crippen LogP contribution in [0, 0.1) is 6.08 Å². The summed E-state index contributed by atoms with van der Waals surface area (Å²) in [5, 5.41) is 0.710. The van der Waals surface area contributed by atoms with E-state index in [4.69, 9.17) is 21.1 Å². The maximum absolute atomic E-state index is 14.3. The van der Waals surface area contributed by atoms with Crippen LogP contribution < -0.4 is 9.64 Å². The van der Waals surface area contributed by atoms with Gasteiger partial charge < -0.3 is 14.4 Å². The molecule has 0 aliphatic carbocycles. The summed E-state index contributed by atoms with van der Waals surface area (Å²) < 4.78 is 25.9. The molecule has 3 aliphatic heterocycles. The number of benzene rings is 1. The topological polar surface area (TPSA) is 80.7 Å². The Morgan fingerprint density at radius 3 is 2.88 bits per heavy atom. The highest BCUT2D eigenvalue weighted by atomic mass is 35.5. The average molecular weight is 456 g/mol. The molecule has 2 saturated heterocycles. The molecule has 0 N–H and O–H groups in total. The number of aromatic nitrogens is 3. The molecule has 10 heteroatoms. The van der Waals surface area contributed by atoms with Crippen LogP contribution in [0.2, 0.25) is 5.15 Å². The molecule has 5 heterocycles. The first-order chi connectivity index (χ1) is 15.6. The summed E-state index contributed by atoms with van der Waals surface area (Å²) in [6.07, 6.45) is 0.457. The average Bonchev–Trinajstić information content (AvgIpc) is 3.02. The minimum absolute atomic E-state index is 0.0607. The first-order valence-corrected chi connectivity index (χ1v) is 10.9. The van der Waals surface area contributed by atoms with Crippen molar-refractivity contribution < 1.29 is 18.7 Å². The van der Waals surface area contributed by atoms with Gasteiger partial charge in [-0.25, -0.2) is 14.8 Å². The summed E-state index contributed by atoms with van der Waals surface area (Å²) >= 11 is 6.09. The number of fused-ring (bicyclic) bond motifs is 5. The fourth-order valence-electron chi connectivity index (χ4n) is 5.08. The maximum Gasteiger partial charge on any atom is 0.410 e. The lowest BCUT2D eigenvalue weighted by atomic mass is 10.0. The van der Waals surface area contributed by atoms with E-state index in [1.165, 1.54) is 6.07 Å². The van der Waals surface area contributed by atoms with Gasteiger partial charge >= 0.3 is 12.2 Å². The van der Waals surface area contributed by atoms with E-state index in [0.29, 0.717) is 23.3 Å². The van der Waals surface area contributed by atoms with Crippen LogP contribution in [0.1, 0.15) is 18.4 Å². The lowest BCUT2D eigenvalue weighted by Gasteiger charge is -2.45. The molecule has 2 bridgehead atoms. The highest BCUT2D eigenvalue weighted by molar-refractivity contribution is 6.30. The van der Waals surface area contributed by atoms with Gasteiger partial charge in [0, 0.05) is 12.6 Å². The minimum atomic E-state index is -0.835. The Bertz CT molecular complexity index is 1210. The van der Waals surface area contributed by atoms with E-state index in [1.807, 2.05) is 40.1 Å². The van der Waals surface area contributed by atoms with E-state index in [0.717, 1.165) is 18.4 Å². The van der Waals surface area contributed by atoms with Gasteiger partial charge in [0.2, 0.25) is 5.88 Å². The SMILES string of the molecule is O=C(OCc1ccccc1)N1[C@H]2CC[C@@H]1C1COc3nc(Cl)cc4nc(F)nc(c34)N1C2. The Hall–Kier alpha value is -3.20. The summed E-state index contributed by atoms with van der Waals surface area (Å²) in [6, 6.07) is 10.7. The fourth-order valence-corrected chi connectivity index (χ4v) is 5.26. The number of hydrogen-bond acceptors (Lipinski definition) is 7. The molecule has 6 rings (SSSR count). The van der Waals surface area contributed by atoms with Gasteiger partial charge in [-0.1, -0.05) is 41.9 Å².